The Morgan fingerprint density at radius 3 is 2.57 bits per heavy atom. The van der Waals surface area contributed by atoms with Gasteiger partial charge < -0.3 is 5.73 Å². The van der Waals surface area contributed by atoms with Crippen LogP contribution in [-0.4, -0.2) is 14.8 Å². The normalized spacial score (nSPS) is 10.8. The standard InChI is InChI=1S/C15H12Cl2N4/c1-21-15(18)13(10-3-2-6-19-8-10)14(20-21)9-4-5-11(16)12(17)7-9/h2-8H,18H2,1H3. The summed E-state index contributed by atoms with van der Waals surface area (Å²) in [6, 6.07) is 9.21. The Morgan fingerprint density at radius 1 is 1.10 bits per heavy atom. The van der Waals surface area contributed by atoms with E-state index in [9.17, 15) is 0 Å². The average molecular weight is 319 g/mol. The number of nitrogens with two attached hydrogens (primary N) is 1. The highest BCUT2D eigenvalue weighted by Gasteiger charge is 2.18. The third-order valence-electron chi connectivity index (χ3n) is 3.23. The van der Waals surface area contributed by atoms with Crippen molar-refractivity contribution >= 4 is 29.0 Å². The zero-order valence-corrected chi connectivity index (χ0v) is 12.7. The fraction of sp³-hybridized carbons (Fsp3) is 0.0667. The molecule has 0 aliphatic carbocycles. The van der Waals surface area contributed by atoms with E-state index >= 15 is 0 Å². The Balaban J connectivity index is 2.24. The molecule has 0 aliphatic heterocycles. The molecule has 2 aromatic heterocycles. The highest BCUT2D eigenvalue weighted by Crippen LogP contribution is 2.37. The van der Waals surface area contributed by atoms with Crippen LogP contribution >= 0.6 is 23.2 Å². The first kappa shape index (κ1) is 13.9. The molecule has 2 heterocycles. The second kappa shape index (κ2) is 5.39. The molecule has 0 saturated carbocycles. The first-order valence-electron chi connectivity index (χ1n) is 6.26. The van der Waals surface area contributed by atoms with Crippen molar-refractivity contribution in [3.8, 4) is 22.4 Å². The van der Waals surface area contributed by atoms with Crippen LogP contribution in [0.1, 0.15) is 0 Å². The monoisotopic (exact) mass is 318 g/mol. The topological polar surface area (TPSA) is 56.7 Å². The van der Waals surface area contributed by atoms with Gasteiger partial charge in [0.2, 0.25) is 0 Å². The van der Waals surface area contributed by atoms with Gasteiger partial charge in [-0.3, -0.25) is 9.67 Å². The molecule has 0 bridgehead atoms. The van der Waals surface area contributed by atoms with Crippen LogP contribution in [0.25, 0.3) is 22.4 Å². The summed E-state index contributed by atoms with van der Waals surface area (Å²) in [6.45, 7) is 0. The van der Waals surface area contributed by atoms with E-state index in [-0.39, 0.29) is 0 Å². The third-order valence-corrected chi connectivity index (χ3v) is 3.97. The number of nitrogens with zero attached hydrogens (tertiary/aromatic N) is 3. The minimum Gasteiger partial charge on any atom is -0.383 e. The molecule has 6 heteroatoms. The maximum atomic E-state index is 6.15. The predicted octanol–water partition coefficient (Wildman–Crippen LogP) is 4.04. The second-order valence-electron chi connectivity index (χ2n) is 4.60. The Bertz CT molecular complexity index is 797. The largest absolute Gasteiger partial charge is 0.383 e. The van der Waals surface area contributed by atoms with Crippen LogP contribution in [0, 0.1) is 0 Å². The molecule has 4 nitrogen and oxygen atoms in total. The fourth-order valence-electron chi connectivity index (χ4n) is 2.18. The van der Waals surface area contributed by atoms with Crippen molar-refractivity contribution in [3.63, 3.8) is 0 Å². The van der Waals surface area contributed by atoms with Gasteiger partial charge in [-0.1, -0.05) is 35.3 Å². The summed E-state index contributed by atoms with van der Waals surface area (Å²) >= 11 is 12.1. The number of hydrogen-bond donors (Lipinski definition) is 1. The Hall–Kier alpha value is -2.04. The van der Waals surface area contributed by atoms with Crippen LogP contribution in [-0.2, 0) is 7.05 Å². The van der Waals surface area contributed by atoms with Crippen LogP contribution in [0.5, 0.6) is 0 Å². The van der Waals surface area contributed by atoms with Crippen molar-refractivity contribution in [1.82, 2.24) is 14.8 Å². The molecule has 0 saturated heterocycles. The van der Waals surface area contributed by atoms with E-state index in [1.807, 2.05) is 18.2 Å². The number of halogens is 2. The van der Waals surface area contributed by atoms with E-state index in [2.05, 4.69) is 10.1 Å². The quantitative estimate of drug-likeness (QED) is 0.775. The number of anilines is 1. The molecule has 106 valence electrons. The maximum Gasteiger partial charge on any atom is 0.129 e. The minimum atomic E-state index is 0.482. The first-order chi connectivity index (χ1) is 10.1. The van der Waals surface area contributed by atoms with Crippen LogP contribution in [0.3, 0.4) is 0 Å². The van der Waals surface area contributed by atoms with E-state index < -0.39 is 0 Å². The number of rotatable bonds is 2. The molecular formula is C15H12Cl2N4. The summed E-state index contributed by atoms with van der Waals surface area (Å²) in [4.78, 5) is 4.14. The fourth-order valence-corrected chi connectivity index (χ4v) is 2.48. The summed E-state index contributed by atoms with van der Waals surface area (Å²) in [7, 11) is 1.80. The van der Waals surface area contributed by atoms with Gasteiger partial charge in [-0.25, -0.2) is 0 Å². The molecule has 3 rings (SSSR count). The predicted molar refractivity (Wildman–Crippen MR) is 86.3 cm³/mol. The molecule has 0 spiro atoms. The number of aryl methyl sites for hydroxylation is 1. The molecule has 0 unspecified atom stereocenters. The molecule has 0 amide bonds. The molecule has 0 fully saturated rings. The van der Waals surface area contributed by atoms with Crippen molar-refractivity contribution in [2.75, 3.05) is 5.73 Å². The van der Waals surface area contributed by atoms with Crippen molar-refractivity contribution in [2.24, 2.45) is 7.05 Å². The van der Waals surface area contributed by atoms with Crippen LogP contribution < -0.4 is 5.73 Å². The van der Waals surface area contributed by atoms with Gasteiger partial charge in [0, 0.05) is 30.6 Å². The Morgan fingerprint density at radius 2 is 1.90 bits per heavy atom. The van der Waals surface area contributed by atoms with Crippen molar-refractivity contribution in [3.05, 3.63) is 52.8 Å². The lowest BCUT2D eigenvalue weighted by Gasteiger charge is -2.05. The summed E-state index contributed by atoms with van der Waals surface area (Å²) in [5, 5.41) is 5.48. The van der Waals surface area contributed by atoms with E-state index in [0.29, 0.717) is 15.9 Å². The minimum absolute atomic E-state index is 0.482. The van der Waals surface area contributed by atoms with E-state index in [4.69, 9.17) is 28.9 Å². The van der Waals surface area contributed by atoms with Gasteiger partial charge in [0.25, 0.3) is 0 Å². The molecule has 0 radical (unpaired) electrons. The first-order valence-corrected chi connectivity index (χ1v) is 7.02. The van der Waals surface area contributed by atoms with Gasteiger partial charge in [0.15, 0.2) is 0 Å². The number of nitrogen functional groups attached to an aromatic ring is 1. The molecular weight excluding hydrogens is 307 g/mol. The van der Waals surface area contributed by atoms with Gasteiger partial charge in [-0.15, -0.1) is 0 Å². The van der Waals surface area contributed by atoms with Crippen molar-refractivity contribution in [1.29, 1.82) is 0 Å². The maximum absolute atomic E-state index is 6.15. The smallest absolute Gasteiger partial charge is 0.129 e. The summed E-state index contributed by atoms with van der Waals surface area (Å²) < 4.78 is 1.64. The van der Waals surface area contributed by atoms with E-state index in [1.165, 1.54) is 0 Å². The molecule has 21 heavy (non-hydrogen) atoms. The molecule has 2 N–H and O–H groups in total. The highest BCUT2D eigenvalue weighted by atomic mass is 35.5. The number of pyridine rings is 1. The van der Waals surface area contributed by atoms with Gasteiger partial charge in [0.1, 0.15) is 11.5 Å². The molecule has 0 aliphatic rings. The summed E-state index contributed by atoms with van der Waals surface area (Å²) in [5.41, 5.74) is 9.51. The van der Waals surface area contributed by atoms with E-state index in [0.717, 1.165) is 22.4 Å². The lowest BCUT2D eigenvalue weighted by atomic mass is 10.0. The van der Waals surface area contributed by atoms with Crippen LogP contribution in [0.2, 0.25) is 10.0 Å². The van der Waals surface area contributed by atoms with Gasteiger partial charge >= 0.3 is 0 Å². The molecule has 3 aromatic rings. The summed E-state index contributed by atoms with van der Waals surface area (Å²) in [5.74, 6) is 0.573. The number of hydrogen-bond acceptors (Lipinski definition) is 3. The number of benzene rings is 1. The number of aromatic nitrogens is 3. The Kier molecular flexibility index (Phi) is 3.57. The molecule has 0 atom stereocenters. The lowest BCUT2D eigenvalue weighted by molar-refractivity contribution is 0.782. The Labute approximate surface area is 132 Å². The van der Waals surface area contributed by atoms with Gasteiger partial charge in [0.05, 0.1) is 15.6 Å². The van der Waals surface area contributed by atoms with Crippen LogP contribution in [0.15, 0.2) is 42.7 Å². The molecule has 1 aromatic carbocycles. The zero-order chi connectivity index (χ0) is 15.0. The van der Waals surface area contributed by atoms with Gasteiger partial charge in [-0.05, 0) is 18.2 Å². The zero-order valence-electron chi connectivity index (χ0n) is 11.2. The van der Waals surface area contributed by atoms with Gasteiger partial charge in [-0.2, -0.15) is 5.10 Å². The third kappa shape index (κ3) is 2.48. The van der Waals surface area contributed by atoms with Crippen molar-refractivity contribution < 1.29 is 0 Å². The lowest BCUT2D eigenvalue weighted by Crippen LogP contribution is -1.98. The van der Waals surface area contributed by atoms with Crippen molar-refractivity contribution in [2.45, 2.75) is 0 Å². The van der Waals surface area contributed by atoms with Crippen LogP contribution in [0.4, 0.5) is 5.82 Å². The second-order valence-corrected chi connectivity index (χ2v) is 5.42. The highest BCUT2D eigenvalue weighted by molar-refractivity contribution is 6.42. The summed E-state index contributed by atoms with van der Waals surface area (Å²) in [6.07, 6.45) is 3.48. The average Bonchev–Trinajstić information content (AvgIpc) is 2.79. The van der Waals surface area contributed by atoms with E-state index in [1.54, 1.807) is 36.3 Å². The SMILES string of the molecule is Cn1nc(-c2ccc(Cl)c(Cl)c2)c(-c2cccnc2)c1N.